The number of nitriles is 1. The van der Waals surface area contributed by atoms with Gasteiger partial charge in [0.05, 0.1) is 24.7 Å². The van der Waals surface area contributed by atoms with Gasteiger partial charge in [0.1, 0.15) is 5.60 Å². The Morgan fingerprint density at radius 1 is 1.52 bits per heavy atom. The van der Waals surface area contributed by atoms with E-state index in [0.717, 1.165) is 5.57 Å². The van der Waals surface area contributed by atoms with Gasteiger partial charge in [0.25, 0.3) is 5.56 Å². The summed E-state index contributed by atoms with van der Waals surface area (Å²) in [6.45, 7) is 5.18. The molecule has 1 aliphatic rings. The normalized spacial score (nSPS) is 14.9. The van der Waals surface area contributed by atoms with Crippen molar-refractivity contribution in [1.29, 1.82) is 5.26 Å². The lowest BCUT2D eigenvalue weighted by atomic mass is 9.99. The highest BCUT2D eigenvalue weighted by atomic mass is 16.5. The highest BCUT2D eigenvalue weighted by Gasteiger charge is 2.30. The van der Waals surface area contributed by atoms with Gasteiger partial charge in [-0.3, -0.25) is 4.79 Å². The Hall–Kier alpha value is -2.83. The van der Waals surface area contributed by atoms with Crippen LogP contribution in [0.25, 0.3) is 5.57 Å². The molecule has 0 bridgehead atoms. The minimum Gasteiger partial charge on any atom is -0.462 e. The van der Waals surface area contributed by atoms with Crippen molar-refractivity contribution in [2.24, 2.45) is 7.05 Å². The summed E-state index contributed by atoms with van der Waals surface area (Å²) < 4.78 is 6.52. The monoisotopic (exact) mass is 340 g/mol. The number of aliphatic hydroxyl groups is 1. The molecule has 1 aromatic rings. The summed E-state index contributed by atoms with van der Waals surface area (Å²) in [5.41, 5.74) is 0.868. The second kappa shape index (κ2) is 6.96. The first-order valence-corrected chi connectivity index (χ1v) is 7.94. The van der Waals surface area contributed by atoms with Crippen molar-refractivity contribution in [2.75, 3.05) is 6.61 Å². The zero-order valence-corrected chi connectivity index (χ0v) is 14.8. The molecule has 0 aliphatic heterocycles. The molecule has 0 saturated heterocycles. The quantitative estimate of drug-likeness (QED) is 0.661. The molecule has 0 saturated carbocycles. The summed E-state index contributed by atoms with van der Waals surface area (Å²) in [5, 5.41) is 18.8. The smallest absolute Gasteiger partial charge is 0.338 e. The van der Waals surface area contributed by atoms with E-state index >= 15 is 0 Å². The van der Waals surface area contributed by atoms with Crippen LogP contribution in [0.5, 0.6) is 0 Å². The molecule has 1 heterocycles. The van der Waals surface area contributed by atoms with Gasteiger partial charge in [-0.1, -0.05) is 17.4 Å². The Labute approximate surface area is 146 Å². The molecule has 6 nitrogen and oxygen atoms in total. The number of ether oxygens (including phenoxy) is 1. The van der Waals surface area contributed by atoms with Crippen molar-refractivity contribution in [3.05, 3.63) is 38.8 Å². The number of nitrogens with zero attached hydrogens (tertiary/aromatic N) is 2. The first-order chi connectivity index (χ1) is 11.7. The fourth-order valence-electron chi connectivity index (χ4n) is 2.79. The van der Waals surface area contributed by atoms with Crippen LogP contribution >= 0.6 is 0 Å². The number of aryl methyl sites for hydroxylation is 1. The first-order valence-electron chi connectivity index (χ1n) is 7.94. The van der Waals surface area contributed by atoms with E-state index in [1.807, 2.05) is 6.07 Å². The van der Waals surface area contributed by atoms with E-state index in [0.29, 0.717) is 28.7 Å². The molecule has 1 N–H and O–H groups in total. The van der Waals surface area contributed by atoms with Crippen LogP contribution in [0.1, 0.15) is 43.9 Å². The van der Waals surface area contributed by atoms with Gasteiger partial charge >= 0.3 is 5.97 Å². The molecular weight excluding hydrogens is 320 g/mol. The van der Waals surface area contributed by atoms with Crippen molar-refractivity contribution < 1.29 is 14.6 Å². The maximum absolute atomic E-state index is 12.4. The first kappa shape index (κ1) is 18.5. The number of carbonyl (C=O) groups is 1. The standard InChI is InChI=1S/C19H20N2O4/c1-5-25-18(23)15-12(2)10-14-16(15)13(11-21(4)17(14)22)6-7-19(3,24)8-9-20/h11,24H,5,8,10H2,1-4H3. The summed E-state index contributed by atoms with van der Waals surface area (Å²) >= 11 is 0. The molecule has 0 radical (unpaired) electrons. The second-order valence-corrected chi connectivity index (χ2v) is 6.22. The van der Waals surface area contributed by atoms with Gasteiger partial charge in [0.2, 0.25) is 0 Å². The number of esters is 1. The Morgan fingerprint density at radius 3 is 2.80 bits per heavy atom. The average molecular weight is 340 g/mol. The third-order valence-electron chi connectivity index (χ3n) is 3.96. The van der Waals surface area contributed by atoms with Gasteiger partial charge in [-0.15, -0.1) is 0 Å². The number of aromatic nitrogens is 1. The Balaban J connectivity index is 2.66. The Kier molecular flexibility index (Phi) is 5.15. The number of fused-ring (bicyclic) bond motifs is 1. The minimum absolute atomic E-state index is 0.145. The van der Waals surface area contributed by atoms with E-state index in [2.05, 4.69) is 11.8 Å². The number of pyridine rings is 1. The largest absolute Gasteiger partial charge is 0.462 e. The molecule has 6 heteroatoms. The van der Waals surface area contributed by atoms with E-state index in [4.69, 9.17) is 10.00 Å². The summed E-state index contributed by atoms with van der Waals surface area (Å²) in [6, 6.07) is 1.88. The molecule has 0 fully saturated rings. The zero-order chi connectivity index (χ0) is 18.8. The van der Waals surface area contributed by atoms with Gasteiger partial charge in [-0.05, 0) is 20.8 Å². The van der Waals surface area contributed by atoms with Crippen LogP contribution in [0.2, 0.25) is 0 Å². The Bertz CT molecular complexity index is 918. The topological polar surface area (TPSA) is 92.3 Å². The lowest BCUT2D eigenvalue weighted by Gasteiger charge is -2.12. The van der Waals surface area contributed by atoms with Crippen molar-refractivity contribution in [1.82, 2.24) is 4.57 Å². The van der Waals surface area contributed by atoms with E-state index < -0.39 is 11.6 Å². The van der Waals surface area contributed by atoms with Crippen molar-refractivity contribution in [2.45, 2.75) is 39.2 Å². The van der Waals surface area contributed by atoms with Gasteiger partial charge in [0.15, 0.2) is 0 Å². The van der Waals surface area contributed by atoms with Crippen LogP contribution in [-0.4, -0.2) is 27.9 Å². The van der Waals surface area contributed by atoms with Crippen LogP contribution in [0.4, 0.5) is 0 Å². The van der Waals surface area contributed by atoms with Crippen molar-refractivity contribution in [3.8, 4) is 17.9 Å². The molecule has 1 aliphatic carbocycles. The molecule has 25 heavy (non-hydrogen) atoms. The number of carbonyl (C=O) groups excluding carboxylic acids is 1. The number of allylic oxidation sites excluding steroid dienone is 1. The number of rotatable bonds is 3. The lowest BCUT2D eigenvalue weighted by molar-refractivity contribution is -0.136. The molecular formula is C19H20N2O4. The van der Waals surface area contributed by atoms with E-state index in [1.54, 1.807) is 20.9 Å². The van der Waals surface area contributed by atoms with Gasteiger partial charge < -0.3 is 14.4 Å². The summed E-state index contributed by atoms with van der Waals surface area (Å²) in [5.74, 6) is 5.00. The van der Waals surface area contributed by atoms with Crippen molar-refractivity contribution >= 4 is 11.5 Å². The maximum Gasteiger partial charge on any atom is 0.338 e. The molecule has 1 unspecified atom stereocenters. The van der Waals surface area contributed by atoms with Crippen LogP contribution < -0.4 is 5.56 Å². The summed E-state index contributed by atoms with van der Waals surface area (Å²) in [6.07, 6.45) is 1.75. The predicted molar refractivity (Wildman–Crippen MR) is 92.3 cm³/mol. The highest BCUT2D eigenvalue weighted by molar-refractivity contribution is 6.19. The molecule has 0 aromatic carbocycles. The maximum atomic E-state index is 12.4. The fourth-order valence-corrected chi connectivity index (χ4v) is 2.79. The third kappa shape index (κ3) is 3.65. The summed E-state index contributed by atoms with van der Waals surface area (Å²) in [4.78, 5) is 24.8. The predicted octanol–water partition coefficient (Wildman–Crippen LogP) is 1.29. The van der Waals surface area contributed by atoms with Crippen LogP contribution in [-0.2, 0) is 23.0 Å². The van der Waals surface area contributed by atoms with Gasteiger partial charge in [-0.2, -0.15) is 5.26 Å². The second-order valence-electron chi connectivity index (χ2n) is 6.22. The van der Waals surface area contributed by atoms with E-state index in [-0.39, 0.29) is 18.6 Å². The Morgan fingerprint density at radius 2 is 2.20 bits per heavy atom. The number of hydrogen-bond acceptors (Lipinski definition) is 5. The SMILES string of the molecule is CCOC(=O)C1=C(C)Cc2c1c(C#CC(C)(O)CC#N)cn(C)c2=O. The molecule has 0 spiro atoms. The highest BCUT2D eigenvalue weighted by Crippen LogP contribution is 2.34. The molecule has 1 atom stereocenters. The van der Waals surface area contributed by atoms with Crippen molar-refractivity contribution in [3.63, 3.8) is 0 Å². The summed E-state index contributed by atoms with van der Waals surface area (Å²) in [7, 11) is 1.61. The molecule has 0 amide bonds. The van der Waals surface area contributed by atoms with Crippen LogP contribution in [0.3, 0.4) is 0 Å². The number of hydrogen-bond donors (Lipinski definition) is 1. The fraction of sp³-hybridized carbons (Fsp3) is 0.421. The average Bonchev–Trinajstić information content (AvgIpc) is 2.87. The molecule has 1 aromatic heterocycles. The van der Waals surface area contributed by atoms with Gasteiger partial charge in [0, 0.05) is 36.4 Å². The van der Waals surface area contributed by atoms with Crippen LogP contribution in [0.15, 0.2) is 16.6 Å². The zero-order valence-electron chi connectivity index (χ0n) is 14.8. The van der Waals surface area contributed by atoms with E-state index in [1.165, 1.54) is 17.7 Å². The van der Waals surface area contributed by atoms with Crippen LogP contribution in [0, 0.1) is 23.2 Å². The lowest BCUT2D eigenvalue weighted by Crippen LogP contribution is -2.23. The van der Waals surface area contributed by atoms with Gasteiger partial charge in [-0.25, -0.2) is 4.79 Å². The minimum atomic E-state index is -1.47. The molecule has 2 rings (SSSR count). The van der Waals surface area contributed by atoms with E-state index in [9.17, 15) is 14.7 Å². The molecule has 130 valence electrons. The third-order valence-corrected chi connectivity index (χ3v) is 3.96.